The zero-order valence-corrected chi connectivity index (χ0v) is 5.02. The summed E-state index contributed by atoms with van der Waals surface area (Å²) < 4.78 is 4.50. The van der Waals surface area contributed by atoms with Crippen LogP contribution in [0.4, 0.5) is 0 Å². The summed E-state index contributed by atoms with van der Waals surface area (Å²) in [4.78, 5) is 10.4. The van der Waals surface area contributed by atoms with Crippen molar-refractivity contribution < 1.29 is 9.53 Å². The van der Waals surface area contributed by atoms with Crippen LogP contribution in [-0.4, -0.2) is 20.1 Å². The average molecular weight is 115 g/mol. The van der Waals surface area contributed by atoms with Crippen molar-refractivity contribution in [3.05, 3.63) is 12.3 Å². The molecule has 0 radical (unpaired) electrons. The second kappa shape index (κ2) is 3.07. The summed E-state index contributed by atoms with van der Waals surface area (Å²) in [6, 6.07) is 0. The van der Waals surface area contributed by atoms with Gasteiger partial charge in [-0.2, -0.15) is 0 Å². The van der Waals surface area contributed by atoms with Crippen LogP contribution in [0, 0.1) is 0 Å². The van der Waals surface area contributed by atoms with Crippen LogP contribution in [-0.2, 0) is 9.53 Å². The van der Waals surface area contributed by atoms with Gasteiger partial charge in [-0.1, -0.05) is 6.58 Å². The molecule has 0 aromatic rings. The first-order valence-electron chi connectivity index (χ1n) is 2.17. The number of hydrogen-bond donors (Lipinski definition) is 1. The molecule has 0 saturated heterocycles. The van der Waals surface area contributed by atoms with Gasteiger partial charge in [0.15, 0.2) is 5.76 Å². The van der Waals surface area contributed by atoms with E-state index in [9.17, 15) is 4.79 Å². The Morgan fingerprint density at radius 3 is 2.38 bits per heavy atom. The van der Waals surface area contributed by atoms with Crippen molar-refractivity contribution in [3.8, 4) is 0 Å². The third-order valence-electron chi connectivity index (χ3n) is 0.727. The fourth-order valence-electron chi connectivity index (χ4n) is 0.232. The van der Waals surface area contributed by atoms with Crippen molar-refractivity contribution in [2.75, 3.05) is 14.2 Å². The molecular formula is C5H9NO2. The molecule has 0 aromatic carbocycles. The molecule has 0 heterocycles. The Labute approximate surface area is 48.3 Å². The molecule has 0 aliphatic heterocycles. The number of amides is 1. The number of methoxy groups -OCH3 is 1. The molecule has 3 heteroatoms. The second-order valence-corrected chi connectivity index (χ2v) is 1.21. The van der Waals surface area contributed by atoms with Crippen molar-refractivity contribution in [2.45, 2.75) is 0 Å². The Morgan fingerprint density at radius 1 is 1.75 bits per heavy atom. The molecule has 1 amide bonds. The molecule has 0 aliphatic carbocycles. The molecule has 1 N–H and O–H groups in total. The van der Waals surface area contributed by atoms with Gasteiger partial charge in [-0.15, -0.1) is 0 Å². The van der Waals surface area contributed by atoms with Crippen LogP contribution in [0.15, 0.2) is 12.3 Å². The third-order valence-corrected chi connectivity index (χ3v) is 0.727. The maximum atomic E-state index is 10.4. The number of rotatable bonds is 2. The van der Waals surface area contributed by atoms with Crippen LogP contribution in [0.3, 0.4) is 0 Å². The highest BCUT2D eigenvalue weighted by molar-refractivity contribution is 5.90. The third kappa shape index (κ3) is 1.64. The summed E-state index contributed by atoms with van der Waals surface area (Å²) in [5, 5.41) is 2.35. The SMILES string of the molecule is C=C(OC)C(=O)NC. The Morgan fingerprint density at radius 2 is 2.25 bits per heavy atom. The summed E-state index contributed by atoms with van der Waals surface area (Å²) in [7, 11) is 2.92. The van der Waals surface area contributed by atoms with Gasteiger partial charge in [0.25, 0.3) is 5.91 Å². The second-order valence-electron chi connectivity index (χ2n) is 1.21. The van der Waals surface area contributed by atoms with Gasteiger partial charge in [0.2, 0.25) is 0 Å². The van der Waals surface area contributed by atoms with E-state index >= 15 is 0 Å². The highest BCUT2D eigenvalue weighted by atomic mass is 16.5. The van der Waals surface area contributed by atoms with Crippen LogP contribution in [0.25, 0.3) is 0 Å². The van der Waals surface area contributed by atoms with E-state index in [4.69, 9.17) is 0 Å². The summed E-state index contributed by atoms with van der Waals surface area (Å²) in [5.74, 6) is -0.153. The number of ether oxygens (including phenoxy) is 1. The van der Waals surface area contributed by atoms with E-state index in [0.29, 0.717) is 0 Å². The van der Waals surface area contributed by atoms with Gasteiger partial charge >= 0.3 is 0 Å². The van der Waals surface area contributed by atoms with Gasteiger partial charge in [0, 0.05) is 7.05 Å². The van der Waals surface area contributed by atoms with Crippen LogP contribution >= 0.6 is 0 Å². The minimum atomic E-state index is -0.285. The van der Waals surface area contributed by atoms with Crippen molar-refractivity contribution in [1.82, 2.24) is 5.32 Å². The molecule has 0 atom stereocenters. The monoisotopic (exact) mass is 115 g/mol. The van der Waals surface area contributed by atoms with Gasteiger partial charge in [-0.3, -0.25) is 4.79 Å². The van der Waals surface area contributed by atoms with Gasteiger partial charge in [0.05, 0.1) is 7.11 Å². The van der Waals surface area contributed by atoms with Gasteiger partial charge in [-0.25, -0.2) is 0 Å². The maximum absolute atomic E-state index is 10.4. The molecule has 0 unspecified atom stereocenters. The number of carbonyl (C=O) groups excluding carboxylic acids is 1. The number of hydrogen-bond acceptors (Lipinski definition) is 2. The molecule has 8 heavy (non-hydrogen) atoms. The van der Waals surface area contributed by atoms with Crippen LogP contribution in [0.5, 0.6) is 0 Å². The molecule has 0 aliphatic rings. The topological polar surface area (TPSA) is 38.3 Å². The lowest BCUT2D eigenvalue weighted by Gasteiger charge is -1.98. The van der Waals surface area contributed by atoms with Crippen LogP contribution in [0.1, 0.15) is 0 Å². The highest BCUT2D eigenvalue weighted by Gasteiger charge is 2.00. The van der Waals surface area contributed by atoms with Gasteiger partial charge < -0.3 is 10.1 Å². The van der Waals surface area contributed by atoms with E-state index < -0.39 is 0 Å². The molecule has 3 nitrogen and oxygen atoms in total. The van der Waals surface area contributed by atoms with Crippen molar-refractivity contribution in [1.29, 1.82) is 0 Å². The Bertz CT molecular complexity index is 95.0. The number of nitrogens with one attached hydrogen (secondary N) is 1. The lowest BCUT2D eigenvalue weighted by atomic mass is 10.5. The van der Waals surface area contributed by atoms with E-state index in [1.54, 1.807) is 0 Å². The predicted molar refractivity (Wildman–Crippen MR) is 30.2 cm³/mol. The molecule has 0 bridgehead atoms. The number of carbonyl (C=O) groups is 1. The summed E-state index contributed by atoms with van der Waals surface area (Å²) >= 11 is 0. The minimum Gasteiger partial charge on any atom is -0.492 e. The molecule has 0 aromatic heterocycles. The number of likely N-dealkylation sites (N-methyl/N-ethyl adjacent to an activating group) is 1. The van der Waals surface area contributed by atoms with E-state index in [-0.39, 0.29) is 11.7 Å². The Balaban J connectivity index is 3.64. The molecule has 0 fully saturated rings. The normalized spacial score (nSPS) is 7.75. The predicted octanol–water partition coefficient (Wildman–Crippen LogP) is -0.108. The minimum absolute atomic E-state index is 0.132. The van der Waals surface area contributed by atoms with E-state index in [2.05, 4.69) is 16.6 Å². The Hall–Kier alpha value is -0.990. The lowest BCUT2D eigenvalue weighted by molar-refractivity contribution is -0.119. The zero-order chi connectivity index (χ0) is 6.57. The first-order chi connectivity index (χ1) is 3.72. The largest absolute Gasteiger partial charge is 0.492 e. The molecule has 0 rings (SSSR count). The molecule has 0 spiro atoms. The molecule has 0 saturated carbocycles. The standard InChI is InChI=1S/C5H9NO2/c1-4(8-3)5(7)6-2/h1H2,2-3H3,(H,6,7). The lowest BCUT2D eigenvalue weighted by Crippen LogP contribution is -2.19. The summed E-state index contributed by atoms with van der Waals surface area (Å²) in [6.07, 6.45) is 0. The molecule has 46 valence electrons. The van der Waals surface area contributed by atoms with E-state index in [1.807, 2.05) is 0 Å². The molecular weight excluding hydrogens is 106 g/mol. The fraction of sp³-hybridized carbons (Fsp3) is 0.400. The highest BCUT2D eigenvalue weighted by Crippen LogP contribution is 1.86. The fourth-order valence-corrected chi connectivity index (χ4v) is 0.232. The van der Waals surface area contributed by atoms with Crippen molar-refractivity contribution in [3.63, 3.8) is 0 Å². The first-order valence-corrected chi connectivity index (χ1v) is 2.17. The van der Waals surface area contributed by atoms with E-state index in [1.165, 1.54) is 14.2 Å². The van der Waals surface area contributed by atoms with Crippen molar-refractivity contribution in [2.24, 2.45) is 0 Å². The van der Waals surface area contributed by atoms with E-state index in [0.717, 1.165) is 0 Å². The Kier molecular flexibility index (Phi) is 2.69. The summed E-state index contributed by atoms with van der Waals surface area (Å²) in [5.41, 5.74) is 0. The van der Waals surface area contributed by atoms with Crippen LogP contribution < -0.4 is 5.32 Å². The van der Waals surface area contributed by atoms with Crippen molar-refractivity contribution >= 4 is 5.91 Å². The quantitative estimate of drug-likeness (QED) is 0.403. The zero-order valence-electron chi connectivity index (χ0n) is 5.02. The average Bonchev–Trinajstić information content (AvgIpc) is 1.84. The summed E-state index contributed by atoms with van der Waals surface area (Å²) in [6.45, 7) is 3.31. The van der Waals surface area contributed by atoms with Gasteiger partial charge in [0.1, 0.15) is 0 Å². The van der Waals surface area contributed by atoms with Gasteiger partial charge in [-0.05, 0) is 0 Å². The smallest absolute Gasteiger partial charge is 0.285 e. The first kappa shape index (κ1) is 7.01. The van der Waals surface area contributed by atoms with Crippen LogP contribution in [0.2, 0.25) is 0 Å². The maximum Gasteiger partial charge on any atom is 0.285 e.